The van der Waals surface area contributed by atoms with Crippen LogP contribution in [-0.4, -0.2) is 16.2 Å². The van der Waals surface area contributed by atoms with E-state index >= 15 is 0 Å². The molecule has 0 spiro atoms. The number of carboxylic acids is 1. The Balaban J connectivity index is 3.51. The Morgan fingerprint density at radius 3 is 2.45 bits per heavy atom. The minimum absolute atomic E-state index is 0.0362. The summed E-state index contributed by atoms with van der Waals surface area (Å²) in [5, 5.41) is 17.1. The maximum atomic E-state index is 10.0. The average Bonchev–Trinajstić information content (AvgIpc) is 1.86. The van der Waals surface area contributed by atoms with Crippen LogP contribution in [0.1, 0.15) is 32.6 Å². The molecule has 0 radical (unpaired) electrons. The van der Waals surface area contributed by atoms with Crippen LogP contribution in [0.5, 0.6) is 0 Å². The average molecular weight is 158 g/mol. The van der Waals surface area contributed by atoms with Crippen molar-refractivity contribution in [3.8, 4) is 0 Å². The Bertz CT molecular complexity index is 149. The second-order valence-corrected chi connectivity index (χ2v) is 2.43. The number of hydrogen-bond donors (Lipinski definition) is 2. The van der Waals surface area contributed by atoms with Crippen molar-refractivity contribution >= 4 is 5.97 Å². The fourth-order valence-electron chi connectivity index (χ4n) is 0.771. The Labute approximate surface area is 66.4 Å². The van der Waals surface area contributed by atoms with Crippen LogP contribution in [0.4, 0.5) is 0 Å². The van der Waals surface area contributed by atoms with Gasteiger partial charge in [-0.25, -0.2) is 4.79 Å². The molecule has 0 unspecified atom stereocenters. The molecule has 0 atom stereocenters. The van der Waals surface area contributed by atoms with Crippen LogP contribution < -0.4 is 0 Å². The largest absolute Gasteiger partial charge is 0.512 e. The molecule has 2 N–H and O–H groups in total. The Hall–Kier alpha value is -0.990. The summed E-state index contributed by atoms with van der Waals surface area (Å²) in [6.07, 6.45) is 4.26. The highest BCUT2D eigenvalue weighted by Crippen LogP contribution is 2.05. The van der Waals surface area contributed by atoms with Gasteiger partial charge < -0.3 is 10.2 Å². The number of carbonyl (C=O) groups is 1. The first-order valence-corrected chi connectivity index (χ1v) is 3.79. The molecule has 0 aromatic rings. The highest BCUT2D eigenvalue weighted by molar-refractivity contribution is 5.80. The van der Waals surface area contributed by atoms with Gasteiger partial charge in [0.1, 0.15) is 0 Å². The minimum atomic E-state index is -1.08. The van der Waals surface area contributed by atoms with Crippen LogP contribution in [0.15, 0.2) is 11.8 Å². The number of unbranched alkanes of at least 4 members (excludes halogenated alkanes) is 2. The van der Waals surface area contributed by atoms with Gasteiger partial charge in [-0.3, -0.25) is 0 Å². The number of allylic oxidation sites excluding steroid dienone is 1. The van der Waals surface area contributed by atoms with Crippen molar-refractivity contribution in [2.75, 3.05) is 0 Å². The van der Waals surface area contributed by atoms with Crippen molar-refractivity contribution in [2.24, 2.45) is 0 Å². The lowest BCUT2D eigenvalue weighted by molar-refractivity contribution is -0.131. The molecular weight excluding hydrogens is 144 g/mol. The maximum Gasteiger partial charge on any atom is 0.331 e. The van der Waals surface area contributed by atoms with E-state index in [1.54, 1.807) is 0 Å². The molecule has 3 nitrogen and oxygen atoms in total. The number of hydrogen-bond acceptors (Lipinski definition) is 2. The van der Waals surface area contributed by atoms with Gasteiger partial charge in [0.2, 0.25) is 0 Å². The van der Waals surface area contributed by atoms with E-state index in [2.05, 4.69) is 6.92 Å². The summed E-state index contributed by atoms with van der Waals surface area (Å²) in [7, 11) is 0. The molecule has 0 saturated carbocycles. The van der Waals surface area contributed by atoms with Crippen LogP contribution in [0, 0.1) is 0 Å². The van der Waals surface area contributed by atoms with Crippen molar-refractivity contribution in [1.29, 1.82) is 0 Å². The van der Waals surface area contributed by atoms with E-state index in [1.807, 2.05) is 0 Å². The zero-order valence-corrected chi connectivity index (χ0v) is 6.71. The lowest BCUT2D eigenvalue weighted by Crippen LogP contribution is -1.91. The molecule has 0 fully saturated rings. The smallest absolute Gasteiger partial charge is 0.331 e. The molecule has 0 aliphatic heterocycles. The van der Waals surface area contributed by atoms with Gasteiger partial charge in [-0.05, 0) is 6.42 Å². The molecule has 0 aliphatic carbocycles. The van der Waals surface area contributed by atoms with Crippen molar-refractivity contribution in [1.82, 2.24) is 0 Å². The van der Waals surface area contributed by atoms with Gasteiger partial charge in [0, 0.05) is 6.42 Å². The number of aliphatic carboxylic acids is 1. The number of aliphatic hydroxyl groups is 1. The predicted molar refractivity (Wildman–Crippen MR) is 42.5 cm³/mol. The van der Waals surface area contributed by atoms with Crippen LogP contribution in [0.3, 0.4) is 0 Å². The van der Waals surface area contributed by atoms with Gasteiger partial charge in [0.05, 0.1) is 11.8 Å². The van der Waals surface area contributed by atoms with Gasteiger partial charge in [-0.15, -0.1) is 0 Å². The molecule has 0 amide bonds. The molecule has 0 aliphatic rings. The summed E-state index contributed by atoms with van der Waals surface area (Å²) in [6, 6.07) is 0. The quantitative estimate of drug-likeness (QED) is 0.366. The summed E-state index contributed by atoms with van der Waals surface area (Å²) in [5.74, 6) is -1.12. The molecule has 0 aromatic heterocycles. The van der Waals surface area contributed by atoms with Gasteiger partial charge in [-0.1, -0.05) is 19.8 Å². The standard InChI is InChI=1S/C8H14O3/c1-2-3-4-5-7(9)6-8(10)11/h6,9H,2-5H2,1H3,(H,10,11). The zero-order valence-electron chi connectivity index (χ0n) is 6.71. The van der Waals surface area contributed by atoms with Crippen molar-refractivity contribution < 1.29 is 15.0 Å². The topological polar surface area (TPSA) is 57.5 Å². The van der Waals surface area contributed by atoms with Crippen molar-refractivity contribution in [3.63, 3.8) is 0 Å². The number of aliphatic hydroxyl groups excluding tert-OH is 1. The molecule has 64 valence electrons. The first kappa shape index (κ1) is 10.0. The van der Waals surface area contributed by atoms with Crippen LogP contribution in [0.2, 0.25) is 0 Å². The van der Waals surface area contributed by atoms with E-state index < -0.39 is 5.97 Å². The summed E-state index contributed by atoms with van der Waals surface area (Å²) in [4.78, 5) is 10.0. The third kappa shape index (κ3) is 6.90. The van der Waals surface area contributed by atoms with Gasteiger partial charge in [-0.2, -0.15) is 0 Å². The normalized spacial score (nSPS) is 11.5. The van der Waals surface area contributed by atoms with E-state index in [4.69, 9.17) is 10.2 Å². The minimum Gasteiger partial charge on any atom is -0.512 e. The van der Waals surface area contributed by atoms with Crippen molar-refractivity contribution in [2.45, 2.75) is 32.6 Å². The molecule has 0 aromatic carbocycles. The molecule has 0 heterocycles. The van der Waals surface area contributed by atoms with E-state index in [9.17, 15) is 4.79 Å². The highest BCUT2D eigenvalue weighted by Gasteiger charge is 1.96. The summed E-state index contributed by atoms with van der Waals surface area (Å²) >= 11 is 0. The SMILES string of the molecule is CCCCCC(O)=CC(=O)O. The fourth-order valence-corrected chi connectivity index (χ4v) is 0.771. The Kier molecular flexibility index (Phi) is 5.25. The first-order chi connectivity index (χ1) is 5.16. The zero-order chi connectivity index (χ0) is 8.69. The number of rotatable bonds is 5. The molecular formula is C8H14O3. The molecule has 0 rings (SSSR count). The summed E-state index contributed by atoms with van der Waals surface area (Å²) in [5.41, 5.74) is 0. The third-order valence-corrected chi connectivity index (χ3v) is 1.33. The van der Waals surface area contributed by atoms with Crippen LogP contribution >= 0.6 is 0 Å². The first-order valence-electron chi connectivity index (χ1n) is 3.79. The van der Waals surface area contributed by atoms with Crippen LogP contribution in [-0.2, 0) is 4.79 Å². The molecule has 3 heteroatoms. The lowest BCUT2D eigenvalue weighted by atomic mass is 10.2. The van der Waals surface area contributed by atoms with E-state index in [-0.39, 0.29) is 5.76 Å². The highest BCUT2D eigenvalue weighted by atomic mass is 16.4. The lowest BCUT2D eigenvalue weighted by Gasteiger charge is -1.96. The summed E-state index contributed by atoms with van der Waals surface area (Å²) in [6.45, 7) is 2.05. The van der Waals surface area contributed by atoms with E-state index in [0.717, 1.165) is 25.3 Å². The monoisotopic (exact) mass is 158 g/mol. The maximum absolute atomic E-state index is 10.0. The van der Waals surface area contributed by atoms with Crippen LogP contribution in [0.25, 0.3) is 0 Å². The fraction of sp³-hybridized carbons (Fsp3) is 0.625. The Morgan fingerprint density at radius 2 is 2.00 bits per heavy atom. The second kappa shape index (κ2) is 5.77. The second-order valence-electron chi connectivity index (χ2n) is 2.43. The van der Waals surface area contributed by atoms with E-state index in [1.165, 1.54) is 0 Å². The van der Waals surface area contributed by atoms with E-state index in [0.29, 0.717) is 6.42 Å². The van der Waals surface area contributed by atoms with Crippen molar-refractivity contribution in [3.05, 3.63) is 11.8 Å². The van der Waals surface area contributed by atoms with Gasteiger partial charge >= 0.3 is 5.97 Å². The predicted octanol–water partition coefficient (Wildman–Crippen LogP) is 2.09. The molecule has 0 saturated heterocycles. The van der Waals surface area contributed by atoms with Gasteiger partial charge in [0.15, 0.2) is 0 Å². The molecule has 11 heavy (non-hydrogen) atoms. The molecule has 0 bridgehead atoms. The third-order valence-electron chi connectivity index (χ3n) is 1.33. The summed E-state index contributed by atoms with van der Waals surface area (Å²) < 4.78 is 0. The number of carboxylic acid groups (broad SMARTS) is 1. The Morgan fingerprint density at radius 1 is 1.36 bits per heavy atom. The van der Waals surface area contributed by atoms with Gasteiger partial charge in [0.25, 0.3) is 0 Å².